The average molecular weight is 373 g/mol. The van der Waals surface area contributed by atoms with Crippen molar-refractivity contribution in [1.29, 1.82) is 0 Å². The van der Waals surface area contributed by atoms with Crippen molar-refractivity contribution in [3.63, 3.8) is 0 Å². The van der Waals surface area contributed by atoms with Gasteiger partial charge in [0.1, 0.15) is 5.78 Å². The summed E-state index contributed by atoms with van der Waals surface area (Å²) < 4.78 is 6.11. The number of fused-ring (bicyclic) bond motifs is 5. The lowest BCUT2D eigenvalue weighted by atomic mass is 9.47. The largest absolute Gasteiger partial charge is 0.490 e. The summed E-state index contributed by atoms with van der Waals surface area (Å²) in [4.78, 5) is 25.2. The monoisotopic (exact) mass is 372 g/mol. The van der Waals surface area contributed by atoms with Crippen LogP contribution in [0.3, 0.4) is 0 Å². The number of rotatable bonds is 5. The van der Waals surface area contributed by atoms with E-state index in [1.165, 1.54) is 12.0 Å². The molecule has 3 heteroatoms. The van der Waals surface area contributed by atoms with Gasteiger partial charge in [0.15, 0.2) is 11.5 Å². The first kappa shape index (κ1) is 19.2. The van der Waals surface area contributed by atoms with Crippen molar-refractivity contribution < 1.29 is 14.3 Å². The van der Waals surface area contributed by atoms with Gasteiger partial charge in [-0.05, 0) is 73.7 Å². The first-order chi connectivity index (χ1) is 12.9. The Morgan fingerprint density at radius 3 is 2.48 bits per heavy atom. The molecular formula is C24H36O3. The molecule has 5 atom stereocenters. The number of hydrogen-bond donors (Lipinski definition) is 0. The Morgan fingerprint density at radius 1 is 0.926 bits per heavy atom. The van der Waals surface area contributed by atoms with Gasteiger partial charge in [-0.3, -0.25) is 9.59 Å². The second kappa shape index (κ2) is 7.04. The Hall–Kier alpha value is -1.12. The van der Waals surface area contributed by atoms with Gasteiger partial charge in [0.05, 0.1) is 6.61 Å². The summed E-state index contributed by atoms with van der Waals surface area (Å²) in [6, 6.07) is 0. The number of unbranched alkanes of at least 4 members (excludes halogenated alkanes) is 2. The summed E-state index contributed by atoms with van der Waals surface area (Å²) in [5.74, 6) is 3.30. The highest BCUT2D eigenvalue weighted by Gasteiger charge is 2.59. The summed E-state index contributed by atoms with van der Waals surface area (Å²) in [6.07, 6.45) is 11.2. The lowest BCUT2D eigenvalue weighted by Gasteiger charge is -2.57. The molecule has 4 rings (SSSR count). The molecule has 0 aromatic carbocycles. The van der Waals surface area contributed by atoms with Gasteiger partial charge in [-0.1, -0.05) is 33.6 Å². The van der Waals surface area contributed by atoms with E-state index in [0.29, 0.717) is 36.6 Å². The van der Waals surface area contributed by atoms with E-state index in [9.17, 15) is 9.59 Å². The van der Waals surface area contributed by atoms with E-state index in [1.807, 2.05) is 0 Å². The highest BCUT2D eigenvalue weighted by atomic mass is 16.5. The maximum atomic E-state index is 12.7. The maximum absolute atomic E-state index is 12.7. The van der Waals surface area contributed by atoms with Crippen LogP contribution in [0.1, 0.15) is 91.4 Å². The van der Waals surface area contributed by atoms with Gasteiger partial charge < -0.3 is 4.74 Å². The third-order valence-corrected chi connectivity index (χ3v) is 8.77. The fraction of sp³-hybridized carbons (Fsp3) is 0.833. The SMILES string of the molecule is CCCCCOC1=C2CC[C@@H]3[C@H](CC[C@]4(C)C(=O)CC[C@@H]34)[C@@]2(C)CCC1=O. The van der Waals surface area contributed by atoms with Crippen molar-refractivity contribution in [3.05, 3.63) is 11.3 Å². The molecule has 0 aromatic heterocycles. The Morgan fingerprint density at radius 2 is 1.70 bits per heavy atom. The molecule has 0 bridgehead atoms. The Bertz CT molecular complexity index is 663. The highest BCUT2D eigenvalue weighted by molar-refractivity contribution is 5.95. The maximum Gasteiger partial charge on any atom is 0.197 e. The minimum atomic E-state index is -0.0668. The minimum absolute atomic E-state index is 0.0668. The molecule has 4 aliphatic carbocycles. The van der Waals surface area contributed by atoms with Crippen LogP contribution in [0.5, 0.6) is 0 Å². The second-order valence-electron chi connectivity index (χ2n) is 10.0. The van der Waals surface area contributed by atoms with Crippen molar-refractivity contribution in [1.82, 2.24) is 0 Å². The van der Waals surface area contributed by atoms with Crippen molar-refractivity contribution in [3.8, 4) is 0 Å². The van der Waals surface area contributed by atoms with Crippen molar-refractivity contribution in [2.24, 2.45) is 28.6 Å². The molecule has 0 spiro atoms. The van der Waals surface area contributed by atoms with Gasteiger partial charge >= 0.3 is 0 Å². The Balaban J connectivity index is 1.60. The van der Waals surface area contributed by atoms with Crippen molar-refractivity contribution >= 4 is 11.6 Å². The standard InChI is InChI=1S/C24H36O3/c1-4-5-6-15-27-22-19-8-7-16-17-9-10-21(26)24(17,3)13-11-18(16)23(19,2)14-12-20(22)25/h16-18H,4-15H2,1-3H3/t16-,17-,18-,23+,24-/m0/s1. The van der Waals surface area contributed by atoms with E-state index in [2.05, 4.69) is 20.8 Å². The topological polar surface area (TPSA) is 43.4 Å². The first-order valence-corrected chi connectivity index (χ1v) is 11.3. The fourth-order valence-corrected chi connectivity index (χ4v) is 7.13. The number of carbonyl (C=O) groups excluding carboxylic acids is 2. The summed E-state index contributed by atoms with van der Waals surface area (Å²) >= 11 is 0. The van der Waals surface area contributed by atoms with E-state index in [0.717, 1.165) is 63.5 Å². The van der Waals surface area contributed by atoms with E-state index in [4.69, 9.17) is 4.74 Å². The molecule has 0 N–H and O–H groups in total. The van der Waals surface area contributed by atoms with Gasteiger partial charge in [-0.2, -0.15) is 0 Å². The molecule has 4 aliphatic rings. The van der Waals surface area contributed by atoms with Gasteiger partial charge in [-0.15, -0.1) is 0 Å². The smallest absolute Gasteiger partial charge is 0.197 e. The van der Waals surface area contributed by atoms with Gasteiger partial charge in [0.2, 0.25) is 0 Å². The average Bonchev–Trinajstić information content (AvgIpc) is 2.96. The number of Topliss-reactive ketones (excluding diaryl/α,β-unsaturated/α-hetero) is 2. The molecule has 3 fully saturated rings. The fourth-order valence-electron chi connectivity index (χ4n) is 7.13. The molecule has 0 aromatic rings. The van der Waals surface area contributed by atoms with E-state index < -0.39 is 0 Å². The third-order valence-electron chi connectivity index (χ3n) is 8.77. The van der Waals surface area contributed by atoms with E-state index >= 15 is 0 Å². The number of ether oxygens (including phenoxy) is 1. The van der Waals surface area contributed by atoms with Crippen molar-refractivity contribution in [2.75, 3.05) is 6.61 Å². The zero-order valence-electron chi connectivity index (χ0n) is 17.4. The molecule has 0 radical (unpaired) electrons. The van der Waals surface area contributed by atoms with Crippen LogP contribution in [-0.4, -0.2) is 18.2 Å². The van der Waals surface area contributed by atoms with Crippen LogP contribution >= 0.6 is 0 Å². The molecular weight excluding hydrogens is 336 g/mol. The molecule has 0 aliphatic heterocycles. The normalized spacial score (nSPS) is 41.2. The van der Waals surface area contributed by atoms with Crippen LogP contribution < -0.4 is 0 Å². The van der Waals surface area contributed by atoms with Crippen LogP contribution in [0, 0.1) is 28.6 Å². The van der Waals surface area contributed by atoms with Crippen LogP contribution in [-0.2, 0) is 14.3 Å². The molecule has 0 unspecified atom stereocenters. The predicted octanol–water partition coefficient (Wildman–Crippen LogP) is 5.62. The number of carbonyl (C=O) groups is 2. The summed E-state index contributed by atoms with van der Waals surface area (Å²) in [7, 11) is 0. The van der Waals surface area contributed by atoms with Crippen LogP contribution in [0.4, 0.5) is 0 Å². The minimum Gasteiger partial charge on any atom is -0.490 e. The zero-order chi connectivity index (χ0) is 19.2. The summed E-state index contributed by atoms with van der Waals surface area (Å²) in [5, 5.41) is 0. The van der Waals surface area contributed by atoms with Crippen LogP contribution in [0.2, 0.25) is 0 Å². The van der Waals surface area contributed by atoms with Crippen molar-refractivity contribution in [2.45, 2.75) is 91.4 Å². The van der Waals surface area contributed by atoms with Gasteiger partial charge in [-0.25, -0.2) is 0 Å². The summed E-state index contributed by atoms with van der Waals surface area (Å²) in [6.45, 7) is 7.51. The van der Waals surface area contributed by atoms with Gasteiger partial charge in [0.25, 0.3) is 0 Å². The molecule has 150 valence electrons. The van der Waals surface area contributed by atoms with Crippen LogP contribution in [0.15, 0.2) is 11.3 Å². The lowest BCUT2D eigenvalue weighted by molar-refractivity contribution is -0.133. The first-order valence-electron chi connectivity index (χ1n) is 11.3. The molecule has 3 nitrogen and oxygen atoms in total. The Kier molecular flexibility index (Phi) is 5.01. The molecule has 0 heterocycles. The molecule has 3 saturated carbocycles. The summed E-state index contributed by atoms with van der Waals surface area (Å²) in [5.41, 5.74) is 1.36. The molecule has 0 saturated heterocycles. The molecule has 27 heavy (non-hydrogen) atoms. The third kappa shape index (κ3) is 2.91. The quantitative estimate of drug-likeness (QED) is 0.588. The number of hydrogen-bond acceptors (Lipinski definition) is 3. The number of allylic oxidation sites excluding steroid dienone is 1. The second-order valence-corrected chi connectivity index (χ2v) is 10.0. The van der Waals surface area contributed by atoms with E-state index in [-0.39, 0.29) is 16.6 Å². The number of ketones is 2. The van der Waals surface area contributed by atoms with Crippen LogP contribution in [0.25, 0.3) is 0 Å². The predicted molar refractivity (Wildman–Crippen MR) is 106 cm³/mol. The highest BCUT2D eigenvalue weighted by Crippen LogP contribution is 2.64. The lowest BCUT2D eigenvalue weighted by Crippen LogP contribution is -2.51. The molecule has 0 amide bonds. The van der Waals surface area contributed by atoms with Gasteiger partial charge in [0, 0.05) is 18.3 Å². The Labute approximate surface area is 164 Å². The van der Waals surface area contributed by atoms with E-state index in [1.54, 1.807) is 0 Å². The zero-order valence-corrected chi connectivity index (χ0v) is 17.4.